The lowest BCUT2D eigenvalue weighted by Gasteiger charge is -2.36. The Morgan fingerprint density at radius 2 is 1.62 bits per heavy atom. The Bertz CT molecular complexity index is 302. The third kappa shape index (κ3) is 1.06. The van der Waals surface area contributed by atoms with Crippen molar-refractivity contribution in [3.63, 3.8) is 0 Å². The van der Waals surface area contributed by atoms with Gasteiger partial charge in [0, 0.05) is 18.8 Å². The molecule has 2 aliphatic rings. The van der Waals surface area contributed by atoms with Crippen LogP contribution >= 0.6 is 0 Å². The van der Waals surface area contributed by atoms with E-state index in [0.717, 1.165) is 0 Å². The first-order chi connectivity index (χ1) is 6.45. The Hall–Kier alpha value is -0.980. The minimum absolute atomic E-state index is 1.26. The van der Waals surface area contributed by atoms with Crippen LogP contribution in [0.15, 0.2) is 12.1 Å². The molecule has 1 aromatic rings. The Kier molecular flexibility index (Phi) is 1.58. The van der Waals surface area contributed by atoms with Crippen molar-refractivity contribution >= 4 is 5.69 Å². The summed E-state index contributed by atoms with van der Waals surface area (Å²) in [6.07, 6.45) is 5.17. The SMILES string of the molecule is [c]1cc2c3c(c1)CCCN3CCC2. The Morgan fingerprint density at radius 1 is 1.00 bits per heavy atom. The van der Waals surface area contributed by atoms with E-state index in [1.54, 1.807) is 5.69 Å². The van der Waals surface area contributed by atoms with Crippen LogP contribution in [-0.4, -0.2) is 13.1 Å². The van der Waals surface area contributed by atoms with E-state index in [0.29, 0.717) is 0 Å². The average Bonchev–Trinajstić information content (AvgIpc) is 2.19. The molecule has 0 fully saturated rings. The van der Waals surface area contributed by atoms with Crippen LogP contribution in [0.2, 0.25) is 0 Å². The third-order valence-corrected chi connectivity index (χ3v) is 3.19. The lowest BCUT2D eigenvalue weighted by atomic mass is 9.92. The van der Waals surface area contributed by atoms with Crippen molar-refractivity contribution in [1.82, 2.24) is 0 Å². The molecule has 0 amide bonds. The fourth-order valence-corrected chi connectivity index (χ4v) is 2.63. The topological polar surface area (TPSA) is 3.24 Å². The van der Waals surface area contributed by atoms with E-state index in [1.165, 1.54) is 49.9 Å². The normalized spacial score (nSPS) is 19.8. The summed E-state index contributed by atoms with van der Waals surface area (Å²) in [5.74, 6) is 0. The first-order valence-electron chi connectivity index (χ1n) is 5.22. The Labute approximate surface area is 79.4 Å². The van der Waals surface area contributed by atoms with Crippen molar-refractivity contribution in [2.45, 2.75) is 25.7 Å². The fourth-order valence-electron chi connectivity index (χ4n) is 2.63. The fraction of sp³-hybridized carbons (Fsp3) is 0.500. The lowest BCUT2D eigenvalue weighted by Crippen LogP contribution is -2.34. The van der Waals surface area contributed by atoms with Gasteiger partial charge in [-0.1, -0.05) is 0 Å². The minimum Gasteiger partial charge on any atom is -0.371 e. The largest absolute Gasteiger partial charge is 0.371 e. The quantitative estimate of drug-likeness (QED) is 0.580. The number of aryl methyl sites for hydroxylation is 2. The zero-order valence-corrected chi connectivity index (χ0v) is 7.84. The maximum absolute atomic E-state index is 3.27. The van der Waals surface area contributed by atoms with Crippen LogP contribution in [0.25, 0.3) is 0 Å². The van der Waals surface area contributed by atoms with Crippen LogP contribution in [-0.2, 0) is 12.8 Å². The smallest absolute Gasteiger partial charge is 0.0431 e. The zero-order valence-electron chi connectivity index (χ0n) is 7.84. The molecule has 3 rings (SSSR count). The molecule has 0 unspecified atom stereocenters. The van der Waals surface area contributed by atoms with E-state index >= 15 is 0 Å². The van der Waals surface area contributed by atoms with Crippen molar-refractivity contribution in [3.05, 3.63) is 29.3 Å². The molecule has 0 saturated carbocycles. The van der Waals surface area contributed by atoms with Gasteiger partial charge in [-0.2, -0.15) is 0 Å². The van der Waals surface area contributed by atoms with Gasteiger partial charge in [0.2, 0.25) is 0 Å². The van der Waals surface area contributed by atoms with E-state index in [-0.39, 0.29) is 0 Å². The van der Waals surface area contributed by atoms with Gasteiger partial charge >= 0.3 is 0 Å². The van der Waals surface area contributed by atoms with Gasteiger partial charge < -0.3 is 4.90 Å². The molecule has 13 heavy (non-hydrogen) atoms. The summed E-state index contributed by atoms with van der Waals surface area (Å²) < 4.78 is 0. The van der Waals surface area contributed by atoms with Crippen LogP contribution < -0.4 is 4.90 Å². The predicted octanol–water partition coefficient (Wildman–Crippen LogP) is 2.19. The van der Waals surface area contributed by atoms with Crippen LogP contribution in [0.3, 0.4) is 0 Å². The molecule has 67 valence electrons. The summed E-state index contributed by atoms with van der Waals surface area (Å²) >= 11 is 0. The number of benzene rings is 1. The van der Waals surface area contributed by atoms with E-state index in [9.17, 15) is 0 Å². The summed E-state index contributed by atoms with van der Waals surface area (Å²) in [6.45, 7) is 2.54. The van der Waals surface area contributed by atoms with Gasteiger partial charge in [0.25, 0.3) is 0 Å². The summed E-state index contributed by atoms with van der Waals surface area (Å²) in [7, 11) is 0. The average molecular weight is 172 g/mol. The maximum atomic E-state index is 3.27. The van der Waals surface area contributed by atoms with Gasteiger partial charge in [0.15, 0.2) is 0 Å². The molecule has 1 nitrogen and oxygen atoms in total. The summed E-state index contributed by atoms with van der Waals surface area (Å²) in [6, 6.07) is 7.62. The molecule has 0 saturated heterocycles. The molecule has 1 heteroatoms. The van der Waals surface area contributed by atoms with Crippen LogP contribution in [0, 0.1) is 6.07 Å². The second kappa shape index (κ2) is 2.76. The van der Waals surface area contributed by atoms with Gasteiger partial charge in [-0.25, -0.2) is 0 Å². The minimum atomic E-state index is 1.26. The molecule has 0 spiro atoms. The van der Waals surface area contributed by atoms with Crippen molar-refractivity contribution in [2.24, 2.45) is 0 Å². The molecular formula is C12H14N. The number of anilines is 1. The molecule has 1 radical (unpaired) electrons. The van der Waals surface area contributed by atoms with E-state index in [2.05, 4.69) is 23.1 Å². The van der Waals surface area contributed by atoms with Crippen molar-refractivity contribution in [2.75, 3.05) is 18.0 Å². The highest BCUT2D eigenvalue weighted by Gasteiger charge is 2.22. The van der Waals surface area contributed by atoms with Crippen LogP contribution in [0.5, 0.6) is 0 Å². The summed E-state index contributed by atoms with van der Waals surface area (Å²) in [5, 5.41) is 0. The highest BCUT2D eigenvalue weighted by molar-refractivity contribution is 5.62. The first-order valence-corrected chi connectivity index (χ1v) is 5.22. The summed E-state index contributed by atoms with van der Waals surface area (Å²) in [4.78, 5) is 2.56. The van der Waals surface area contributed by atoms with Crippen molar-refractivity contribution in [1.29, 1.82) is 0 Å². The third-order valence-electron chi connectivity index (χ3n) is 3.19. The Morgan fingerprint density at radius 3 is 2.23 bits per heavy atom. The number of hydrogen-bond acceptors (Lipinski definition) is 1. The van der Waals surface area contributed by atoms with Crippen molar-refractivity contribution in [3.8, 4) is 0 Å². The first kappa shape index (κ1) is 7.43. The molecule has 0 aromatic heterocycles. The number of rotatable bonds is 0. The second-order valence-corrected chi connectivity index (χ2v) is 4.05. The molecule has 1 aromatic carbocycles. The molecule has 0 N–H and O–H groups in total. The number of nitrogens with zero attached hydrogens (tertiary/aromatic N) is 1. The van der Waals surface area contributed by atoms with E-state index in [4.69, 9.17) is 0 Å². The molecule has 0 atom stereocenters. The monoisotopic (exact) mass is 172 g/mol. The summed E-state index contributed by atoms with van der Waals surface area (Å²) in [5.41, 5.74) is 4.61. The number of hydrogen-bond donors (Lipinski definition) is 0. The Balaban J connectivity index is 2.18. The molecule has 0 bridgehead atoms. The van der Waals surface area contributed by atoms with Gasteiger partial charge in [-0.15, -0.1) is 0 Å². The zero-order chi connectivity index (χ0) is 8.67. The highest BCUT2D eigenvalue weighted by Crippen LogP contribution is 2.34. The van der Waals surface area contributed by atoms with Gasteiger partial charge in [-0.3, -0.25) is 0 Å². The molecule has 2 aliphatic heterocycles. The second-order valence-electron chi connectivity index (χ2n) is 4.05. The predicted molar refractivity (Wildman–Crippen MR) is 54.1 cm³/mol. The van der Waals surface area contributed by atoms with Crippen LogP contribution in [0.4, 0.5) is 5.69 Å². The van der Waals surface area contributed by atoms with Gasteiger partial charge in [-0.05, 0) is 55.0 Å². The van der Waals surface area contributed by atoms with Crippen LogP contribution in [0.1, 0.15) is 24.0 Å². The van der Waals surface area contributed by atoms with Crippen molar-refractivity contribution < 1.29 is 0 Å². The van der Waals surface area contributed by atoms with E-state index in [1.807, 2.05) is 0 Å². The molecule has 2 heterocycles. The highest BCUT2D eigenvalue weighted by atomic mass is 15.1. The molecular weight excluding hydrogens is 158 g/mol. The standard InChI is InChI=1S/C12H14N/c1-4-10-6-2-8-13-9-3-7-11(5-1)12(10)13/h4-5H,2-3,6-9H2. The van der Waals surface area contributed by atoms with Gasteiger partial charge in [0.1, 0.15) is 0 Å². The van der Waals surface area contributed by atoms with E-state index < -0.39 is 0 Å². The van der Waals surface area contributed by atoms with Gasteiger partial charge in [0.05, 0.1) is 0 Å². The molecule has 0 aliphatic carbocycles. The maximum Gasteiger partial charge on any atom is 0.0431 e. The lowest BCUT2D eigenvalue weighted by molar-refractivity contribution is 0.634.